The second kappa shape index (κ2) is 3.08. The van der Waals surface area contributed by atoms with Gasteiger partial charge in [-0.1, -0.05) is 29.3 Å². The third-order valence-corrected chi connectivity index (χ3v) is 5.91. The zero-order chi connectivity index (χ0) is 12.9. The Morgan fingerprint density at radius 1 is 1.17 bits per heavy atom. The van der Waals surface area contributed by atoms with Crippen molar-refractivity contribution in [2.45, 2.75) is 37.8 Å². The van der Waals surface area contributed by atoms with E-state index in [9.17, 15) is 0 Å². The highest BCUT2D eigenvalue weighted by atomic mass is 35.5. The summed E-state index contributed by atoms with van der Waals surface area (Å²) in [6, 6.07) is 7.03. The van der Waals surface area contributed by atoms with Gasteiger partial charge in [-0.05, 0) is 50.3 Å². The maximum Gasteiger partial charge on any atom is 0.0595 e. The molecule has 2 saturated heterocycles. The van der Waals surface area contributed by atoms with Crippen LogP contribution in [0.3, 0.4) is 0 Å². The topological polar surface area (TPSA) is 3.24 Å². The molecule has 2 unspecified atom stereocenters. The number of fused-ring (bicyclic) bond motifs is 1. The van der Waals surface area contributed by atoms with E-state index >= 15 is 0 Å². The number of hydrogen-bond donors (Lipinski definition) is 0. The molecule has 4 fully saturated rings. The second-order valence-corrected chi connectivity index (χ2v) is 7.82. The Hall–Kier alpha value is -0.240. The molecule has 0 radical (unpaired) electrons. The van der Waals surface area contributed by atoms with Crippen molar-refractivity contribution in [2.24, 2.45) is 11.8 Å². The minimum Gasteiger partial charge on any atom is -0.294 e. The zero-order valence-electron chi connectivity index (χ0n) is 10.9. The molecule has 2 bridgehead atoms. The molecule has 0 amide bonds. The molecule has 2 saturated carbocycles. The first-order valence-electron chi connectivity index (χ1n) is 6.59. The van der Waals surface area contributed by atoms with Crippen LogP contribution in [0.2, 0.25) is 10.0 Å². The highest BCUT2D eigenvalue weighted by molar-refractivity contribution is 6.42. The number of benzene rings is 1. The van der Waals surface area contributed by atoms with Crippen LogP contribution in [0.4, 0.5) is 0 Å². The maximum atomic E-state index is 6.16. The number of hydrogen-bond acceptors (Lipinski definition) is 1. The molecule has 96 valence electrons. The van der Waals surface area contributed by atoms with Crippen molar-refractivity contribution in [3.05, 3.63) is 33.8 Å². The molecule has 0 N–H and O–H groups in total. The fourth-order valence-electron chi connectivity index (χ4n) is 4.22. The quantitative estimate of drug-likeness (QED) is 0.753. The van der Waals surface area contributed by atoms with E-state index in [-0.39, 0.29) is 5.54 Å². The molecule has 0 aromatic heterocycles. The Balaban J connectivity index is 1.68. The standard InChI is InChI=1S/C15H17Cl2N/c1-14(2,3)18-7-15(11-12(15)13(11)18)8-4-5-9(16)10(17)6-8/h4-6,11-13H,7H2,1-3H3. The summed E-state index contributed by atoms with van der Waals surface area (Å²) in [6.45, 7) is 8.13. The average Bonchev–Trinajstić information content (AvgIpc) is 3.07. The maximum absolute atomic E-state index is 6.16. The van der Waals surface area contributed by atoms with Gasteiger partial charge in [-0.3, -0.25) is 4.90 Å². The van der Waals surface area contributed by atoms with E-state index in [1.807, 2.05) is 6.07 Å². The van der Waals surface area contributed by atoms with Crippen molar-refractivity contribution < 1.29 is 0 Å². The Labute approximate surface area is 118 Å². The van der Waals surface area contributed by atoms with Gasteiger partial charge in [-0.15, -0.1) is 0 Å². The first kappa shape index (κ1) is 11.6. The van der Waals surface area contributed by atoms with Gasteiger partial charge in [-0.25, -0.2) is 0 Å². The van der Waals surface area contributed by atoms with Crippen LogP contribution in [0.25, 0.3) is 0 Å². The van der Waals surface area contributed by atoms with Gasteiger partial charge in [0.15, 0.2) is 0 Å². The first-order chi connectivity index (χ1) is 8.37. The van der Waals surface area contributed by atoms with Gasteiger partial charge in [0.2, 0.25) is 0 Å². The van der Waals surface area contributed by atoms with Gasteiger partial charge in [0.25, 0.3) is 0 Å². The zero-order valence-corrected chi connectivity index (χ0v) is 12.4. The van der Waals surface area contributed by atoms with E-state index in [1.165, 1.54) is 12.1 Å². The van der Waals surface area contributed by atoms with Gasteiger partial charge in [0.05, 0.1) is 10.0 Å². The molecule has 4 aliphatic rings. The first-order valence-corrected chi connectivity index (χ1v) is 7.35. The summed E-state index contributed by atoms with van der Waals surface area (Å²) in [7, 11) is 0. The van der Waals surface area contributed by atoms with Crippen molar-refractivity contribution in [3.63, 3.8) is 0 Å². The summed E-state index contributed by atoms with van der Waals surface area (Å²) < 4.78 is 0. The van der Waals surface area contributed by atoms with Crippen LogP contribution in [0, 0.1) is 11.8 Å². The van der Waals surface area contributed by atoms with Crippen LogP contribution in [0.5, 0.6) is 0 Å². The molecule has 2 aliphatic heterocycles. The SMILES string of the molecule is CC(C)(C)N1CC2(c3ccc(Cl)c(Cl)c3)C3C1C32. The fourth-order valence-corrected chi connectivity index (χ4v) is 4.52. The van der Waals surface area contributed by atoms with E-state index < -0.39 is 0 Å². The smallest absolute Gasteiger partial charge is 0.0595 e. The average molecular weight is 282 g/mol. The Morgan fingerprint density at radius 3 is 2.33 bits per heavy atom. The summed E-state index contributed by atoms with van der Waals surface area (Å²) >= 11 is 12.2. The molecule has 0 spiro atoms. The molecular weight excluding hydrogens is 265 g/mol. The molecule has 2 aliphatic carbocycles. The Kier molecular flexibility index (Phi) is 1.98. The summed E-state index contributed by atoms with van der Waals surface area (Å²) in [5, 5.41) is 1.36. The molecule has 2 atom stereocenters. The molecule has 1 aromatic rings. The third kappa shape index (κ3) is 1.19. The summed E-state index contributed by atoms with van der Waals surface area (Å²) in [5.74, 6) is 1.77. The van der Waals surface area contributed by atoms with Crippen LogP contribution < -0.4 is 0 Å². The molecule has 18 heavy (non-hydrogen) atoms. The highest BCUT2D eigenvalue weighted by Gasteiger charge is 2.90. The number of piperidine rings is 1. The van der Waals surface area contributed by atoms with Crippen LogP contribution >= 0.6 is 23.2 Å². The second-order valence-electron chi connectivity index (χ2n) is 7.01. The van der Waals surface area contributed by atoms with Crippen LogP contribution in [-0.4, -0.2) is 23.0 Å². The fraction of sp³-hybridized carbons (Fsp3) is 0.600. The number of halogens is 2. The van der Waals surface area contributed by atoms with Crippen molar-refractivity contribution >= 4 is 23.2 Å². The van der Waals surface area contributed by atoms with Crippen molar-refractivity contribution in [1.82, 2.24) is 4.90 Å². The lowest BCUT2D eigenvalue weighted by molar-refractivity contribution is 0.162. The van der Waals surface area contributed by atoms with Gasteiger partial charge in [-0.2, -0.15) is 0 Å². The van der Waals surface area contributed by atoms with Crippen LogP contribution in [-0.2, 0) is 5.41 Å². The number of rotatable bonds is 1. The van der Waals surface area contributed by atoms with E-state index in [2.05, 4.69) is 37.8 Å². The van der Waals surface area contributed by atoms with Crippen LogP contribution in [0.15, 0.2) is 18.2 Å². The van der Waals surface area contributed by atoms with Crippen LogP contribution in [0.1, 0.15) is 26.3 Å². The normalized spacial score (nSPS) is 40.8. The lowest BCUT2D eigenvalue weighted by Gasteiger charge is -2.31. The van der Waals surface area contributed by atoms with Gasteiger partial charge in [0, 0.05) is 23.5 Å². The van der Waals surface area contributed by atoms with Crippen molar-refractivity contribution in [1.29, 1.82) is 0 Å². The van der Waals surface area contributed by atoms with E-state index in [4.69, 9.17) is 23.2 Å². The summed E-state index contributed by atoms with van der Waals surface area (Å²) in [4.78, 5) is 2.67. The molecule has 1 aromatic carbocycles. The summed E-state index contributed by atoms with van der Waals surface area (Å²) in [5.41, 5.74) is 2.09. The number of nitrogens with zero attached hydrogens (tertiary/aromatic N) is 1. The predicted molar refractivity (Wildman–Crippen MR) is 75.4 cm³/mol. The molecule has 2 heterocycles. The molecule has 5 rings (SSSR count). The van der Waals surface area contributed by atoms with Gasteiger partial charge >= 0.3 is 0 Å². The van der Waals surface area contributed by atoms with E-state index in [0.29, 0.717) is 15.5 Å². The monoisotopic (exact) mass is 281 g/mol. The van der Waals surface area contributed by atoms with E-state index in [0.717, 1.165) is 17.9 Å². The van der Waals surface area contributed by atoms with Gasteiger partial charge in [0.1, 0.15) is 0 Å². The Bertz CT molecular complexity index is 536. The lowest BCUT2D eigenvalue weighted by Crippen LogP contribution is -2.40. The molecular formula is C15H17Cl2N. The van der Waals surface area contributed by atoms with Crippen molar-refractivity contribution in [2.75, 3.05) is 6.54 Å². The van der Waals surface area contributed by atoms with E-state index in [1.54, 1.807) is 0 Å². The third-order valence-electron chi connectivity index (χ3n) is 5.17. The van der Waals surface area contributed by atoms with Gasteiger partial charge < -0.3 is 0 Å². The molecule has 3 heteroatoms. The lowest BCUT2D eigenvalue weighted by atomic mass is 9.88. The minimum absolute atomic E-state index is 0.284. The van der Waals surface area contributed by atoms with Crippen molar-refractivity contribution in [3.8, 4) is 0 Å². The molecule has 1 nitrogen and oxygen atoms in total. The Morgan fingerprint density at radius 2 is 1.83 bits per heavy atom. The minimum atomic E-state index is 0.284. The highest BCUT2D eigenvalue weighted by Crippen LogP contribution is 2.84. The largest absolute Gasteiger partial charge is 0.294 e. The predicted octanol–water partition coefficient (Wildman–Crippen LogP) is 3.97. The summed E-state index contributed by atoms with van der Waals surface area (Å²) in [6.07, 6.45) is 0.